The summed E-state index contributed by atoms with van der Waals surface area (Å²) in [5.74, 6) is -1.38. The first-order valence-corrected chi connectivity index (χ1v) is 11.3. The number of halogens is 2. The van der Waals surface area contributed by atoms with E-state index in [1.54, 1.807) is 0 Å². The van der Waals surface area contributed by atoms with Crippen LogP contribution in [0.25, 0.3) is 10.6 Å². The third-order valence-corrected chi connectivity index (χ3v) is 6.85. The molecule has 0 radical (unpaired) electrons. The maximum absolute atomic E-state index is 13.3. The van der Waals surface area contributed by atoms with E-state index < -0.39 is 21.9 Å². The van der Waals surface area contributed by atoms with Crippen LogP contribution in [0.4, 0.5) is 10.1 Å². The number of amides is 1. The molecule has 12 heteroatoms. The average Bonchev–Trinajstić information content (AvgIpc) is 3.23. The molecule has 0 saturated heterocycles. The smallest absolute Gasteiger partial charge is 0.321 e. The quantitative estimate of drug-likeness (QED) is 0.619. The number of rotatable bonds is 4. The number of hydrogen-bond acceptors (Lipinski definition) is 6. The van der Waals surface area contributed by atoms with Crippen molar-refractivity contribution in [3.05, 3.63) is 76.2 Å². The highest BCUT2D eigenvalue weighted by atomic mass is 35.5. The Kier molecular flexibility index (Phi) is 5.56. The largest absolute Gasteiger partial charge is 0.345 e. The van der Waals surface area contributed by atoms with Gasteiger partial charge in [-0.3, -0.25) is 4.79 Å². The third-order valence-electron chi connectivity index (χ3n) is 4.25. The summed E-state index contributed by atoms with van der Waals surface area (Å²) in [5, 5.41) is 11.2. The normalized spacial score (nSPS) is 15.3. The van der Waals surface area contributed by atoms with Crippen LogP contribution in [-0.2, 0) is 15.0 Å². The number of allylic oxidation sites excluding steroid dienone is 1. The number of benzene rings is 2. The van der Waals surface area contributed by atoms with E-state index >= 15 is 0 Å². The molecule has 0 unspecified atom stereocenters. The van der Waals surface area contributed by atoms with Gasteiger partial charge >= 0.3 is 10.2 Å². The summed E-state index contributed by atoms with van der Waals surface area (Å²) in [6.45, 7) is 0. The highest BCUT2D eigenvalue weighted by molar-refractivity contribution is 7.88. The minimum absolute atomic E-state index is 0.0138. The lowest BCUT2D eigenvalue weighted by atomic mass is 10.2. The molecule has 1 aromatic heterocycles. The summed E-state index contributed by atoms with van der Waals surface area (Å²) in [6.07, 6.45) is 1.30. The average molecular weight is 478 g/mol. The minimum Gasteiger partial charge on any atom is -0.321 e. The molecule has 1 N–H and O–H groups in total. The van der Waals surface area contributed by atoms with Crippen molar-refractivity contribution in [2.75, 3.05) is 12.4 Å². The van der Waals surface area contributed by atoms with Crippen LogP contribution in [0.1, 0.15) is 5.01 Å². The highest BCUT2D eigenvalue weighted by Crippen LogP contribution is 2.27. The molecule has 31 heavy (non-hydrogen) atoms. The maximum atomic E-state index is 13.3. The first-order chi connectivity index (χ1) is 14.7. The summed E-state index contributed by atoms with van der Waals surface area (Å²) in [7, 11) is -2.97. The molecule has 0 atom stereocenters. The zero-order valence-electron chi connectivity index (χ0n) is 15.8. The predicted molar refractivity (Wildman–Crippen MR) is 117 cm³/mol. The fourth-order valence-corrected chi connectivity index (χ4v) is 4.60. The third kappa shape index (κ3) is 4.33. The monoisotopic (exact) mass is 477 g/mol. The standard InChI is InChI=1S/C19H13ClFN5O3S2/c1-26-16(17(27)22-12-7-8-14(21)13(20)9-12)10-15(25-31(26,28)29)19-24-23-18(30-19)11-5-3-2-4-6-11/h2-10H,1H3,(H,22,27). The van der Waals surface area contributed by atoms with Crippen molar-refractivity contribution >= 4 is 50.5 Å². The molecular formula is C19H13ClFN5O3S2. The Balaban J connectivity index is 1.67. The molecule has 3 aromatic rings. The Hall–Kier alpha value is -3.15. The van der Waals surface area contributed by atoms with Crippen molar-refractivity contribution in [1.29, 1.82) is 0 Å². The predicted octanol–water partition coefficient (Wildman–Crippen LogP) is 3.50. The van der Waals surface area contributed by atoms with Crippen molar-refractivity contribution in [3.63, 3.8) is 0 Å². The van der Waals surface area contributed by atoms with Crippen LogP contribution in [0.15, 0.2) is 64.7 Å². The molecular weight excluding hydrogens is 465 g/mol. The summed E-state index contributed by atoms with van der Waals surface area (Å²) in [6, 6.07) is 12.9. The second-order valence-corrected chi connectivity index (χ2v) is 9.32. The molecule has 0 spiro atoms. The first kappa shape index (κ1) is 21.1. The van der Waals surface area contributed by atoms with Crippen molar-refractivity contribution in [1.82, 2.24) is 14.5 Å². The Labute approximate surface area is 185 Å². The van der Waals surface area contributed by atoms with Crippen LogP contribution in [0, 0.1) is 5.82 Å². The molecule has 4 rings (SSSR count). The first-order valence-electron chi connectivity index (χ1n) is 8.71. The van der Waals surface area contributed by atoms with Crippen LogP contribution in [0.5, 0.6) is 0 Å². The zero-order valence-corrected chi connectivity index (χ0v) is 18.2. The second kappa shape index (κ2) is 8.17. The van der Waals surface area contributed by atoms with E-state index in [1.165, 1.54) is 25.3 Å². The van der Waals surface area contributed by atoms with Gasteiger partial charge in [0.2, 0.25) is 0 Å². The molecule has 0 bridgehead atoms. The number of hydrogen-bond donors (Lipinski definition) is 1. The number of nitrogens with one attached hydrogen (secondary N) is 1. The number of aromatic nitrogens is 2. The fourth-order valence-electron chi connectivity index (χ4n) is 2.66. The van der Waals surface area contributed by atoms with Crippen molar-refractivity contribution in [2.45, 2.75) is 0 Å². The molecule has 0 fully saturated rings. The molecule has 158 valence electrons. The summed E-state index contributed by atoms with van der Waals surface area (Å²) < 4.78 is 42.8. The van der Waals surface area contributed by atoms with Crippen LogP contribution in [-0.4, -0.2) is 41.6 Å². The van der Waals surface area contributed by atoms with Gasteiger partial charge in [0.25, 0.3) is 5.91 Å². The van der Waals surface area contributed by atoms with Crippen molar-refractivity contribution in [3.8, 4) is 10.6 Å². The topological polar surface area (TPSA) is 105 Å². The summed E-state index contributed by atoms with van der Waals surface area (Å²) >= 11 is 6.88. The van der Waals surface area contributed by atoms with Gasteiger partial charge in [0, 0.05) is 18.3 Å². The lowest BCUT2D eigenvalue weighted by molar-refractivity contribution is -0.113. The van der Waals surface area contributed by atoms with Gasteiger partial charge in [-0.1, -0.05) is 53.3 Å². The van der Waals surface area contributed by atoms with E-state index in [-0.39, 0.29) is 27.1 Å². The van der Waals surface area contributed by atoms with Gasteiger partial charge in [0.15, 0.2) is 5.01 Å². The van der Waals surface area contributed by atoms with E-state index in [2.05, 4.69) is 19.9 Å². The Morgan fingerprint density at radius 2 is 1.84 bits per heavy atom. The van der Waals surface area contributed by atoms with Gasteiger partial charge in [-0.2, -0.15) is 8.42 Å². The van der Waals surface area contributed by atoms with Gasteiger partial charge in [-0.15, -0.1) is 14.6 Å². The molecule has 1 aliphatic rings. The Morgan fingerprint density at radius 3 is 2.55 bits per heavy atom. The molecule has 8 nitrogen and oxygen atoms in total. The number of carbonyl (C=O) groups excluding carboxylic acids is 1. The number of nitrogens with zero attached hydrogens (tertiary/aromatic N) is 4. The SMILES string of the molecule is CN1C(C(=O)Nc2ccc(F)c(Cl)c2)=CC(c2nnc(-c3ccccc3)s2)=NS1(=O)=O. The molecule has 1 aliphatic heterocycles. The maximum Gasteiger partial charge on any atom is 0.345 e. The summed E-state index contributed by atoms with van der Waals surface area (Å²) in [5.41, 5.74) is 0.814. The lowest BCUT2D eigenvalue weighted by Gasteiger charge is -2.23. The van der Waals surface area contributed by atoms with Gasteiger partial charge in [-0.05, 0) is 24.3 Å². The second-order valence-electron chi connectivity index (χ2n) is 6.31. The number of carbonyl (C=O) groups is 1. The van der Waals surface area contributed by atoms with E-state index in [0.717, 1.165) is 27.3 Å². The summed E-state index contributed by atoms with van der Waals surface area (Å²) in [4.78, 5) is 12.8. The molecule has 0 aliphatic carbocycles. The number of anilines is 1. The molecule has 2 heterocycles. The van der Waals surface area contributed by atoms with Crippen LogP contribution < -0.4 is 5.32 Å². The van der Waals surface area contributed by atoms with E-state index in [9.17, 15) is 17.6 Å². The zero-order chi connectivity index (χ0) is 22.2. The van der Waals surface area contributed by atoms with Crippen LogP contribution in [0.3, 0.4) is 0 Å². The van der Waals surface area contributed by atoms with Gasteiger partial charge < -0.3 is 5.32 Å². The van der Waals surface area contributed by atoms with E-state index in [4.69, 9.17) is 11.6 Å². The highest BCUT2D eigenvalue weighted by Gasteiger charge is 2.31. The lowest BCUT2D eigenvalue weighted by Crippen LogP contribution is -2.35. The Morgan fingerprint density at radius 1 is 1.13 bits per heavy atom. The minimum atomic E-state index is -4.17. The van der Waals surface area contributed by atoms with Gasteiger partial charge in [0.1, 0.15) is 22.2 Å². The molecule has 2 aromatic carbocycles. The fraction of sp³-hybridized carbons (Fsp3) is 0.0526. The van der Waals surface area contributed by atoms with Crippen molar-refractivity contribution < 1.29 is 17.6 Å². The molecule has 0 saturated carbocycles. The Bertz CT molecular complexity index is 1340. The molecule has 1 amide bonds. The van der Waals surface area contributed by atoms with Crippen LogP contribution in [0.2, 0.25) is 5.02 Å². The van der Waals surface area contributed by atoms with Crippen LogP contribution >= 0.6 is 22.9 Å². The number of likely N-dealkylation sites (N-methyl/N-ethyl adjacent to an activating group) is 1. The van der Waals surface area contributed by atoms with Crippen molar-refractivity contribution in [2.24, 2.45) is 4.40 Å². The van der Waals surface area contributed by atoms with E-state index in [1.807, 2.05) is 30.3 Å². The van der Waals surface area contributed by atoms with Gasteiger partial charge in [0.05, 0.1) is 5.02 Å². The van der Waals surface area contributed by atoms with E-state index in [0.29, 0.717) is 5.01 Å². The van der Waals surface area contributed by atoms with Gasteiger partial charge in [-0.25, -0.2) is 8.70 Å².